The molecule has 290 valence electrons. The smallest absolute Gasteiger partial charge is 0.187 e. The van der Waals surface area contributed by atoms with Crippen molar-refractivity contribution in [3.8, 4) is 0 Å². The summed E-state index contributed by atoms with van der Waals surface area (Å²) in [4.78, 5) is 0. The average Bonchev–Trinajstić information content (AvgIpc) is 3.10. The van der Waals surface area contributed by atoms with E-state index in [0.717, 1.165) is 18.6 Å². The highest BCUT2D eigenvalue weighted by Crippen LogP contribution is 2.38. The van der Waals surface area contributed by atoms with Crippen LogP contribution >= 0.6 is 12.6 Å². The Morgan fingerprint density at radius 1 is 0.633 bits per heavy atom. The molecule has 3 fully saturated rings. The van der Waals surface area contributed by atoms with Gasteiger partial charge in [0.15, 0.2) is 12.6 Å². The number of aliphatic hydroxyl groups is 9. The zero-order valence-electron chi connectivity index (χ0n) is 28.8. The van der Waals surface area contributed by atoms with Crippen LogP contribution in [0.2, 0.25) is 0 Å². The van der Waals surface area contributed by atoms with Crippen molar-refractivity contribution in [2.45, 2.75) is 170 Å². The molecule has 0 aliphatic carbocycles. The Bertz CT molecular complexity index is 936. The van der Waals surface area contributed by atoms with Crippen molar-refractivity contribution in [1.29, 1.82) is 0 Å². The molecule has 0 aromatic rings. The lowest BCUT2D eigenvalue weighted by atomic mass is 9.84. The summed E-state index contributed by atoms with van der Waals surface area (Å²) in [7, 11) is 0. The average molecular weight is 733 g/mol. The van der Waals surface area contributed by atoms with Gasteiger partial charge in [0, 0.05) is 6.61 Å². The van der Waals surface area contributed by atoms with E-state index in [-0.39, 0.29) is 6.10 Å². The first-order chi connectivity index (χ1) is 23.3. The molecule has 3 aliphatic rings. The van der Waals surface area contributed by atoms with E-state index < -0.39 is 117 Å². The highest BCUT2D eigenvalue weighted by atomic mass is 32.1. The van der Waals surface area contributed by atoms with Crippen molar-refractivity contribution >= 4 is 12.6 Å². The van der Waals surface area contributed by atoms with E-state index in [2.05, 4.69) is 12.6 Å². The summed E-state index contributed by atoms with van der Waals surface area (Å²) >= 11 is 4.24. The van der Waals surface area contributed by atoms with E-state index >= 15 is 0 Å². The van der Waals surface area contributed by atoms with Gasteiger partial charge >= 0.3 is 0 Å². The molecule has 3 aliphatic heterocycles. The van der Waals surface area contributed by atoms with Gasteiger partial charge in [-0.3, -0.25) is 0 Å². The molecule has 0 aromatic carbocycles. The second-order valence-corrected chi connectivity index (χ2v) is 13.7. The molecule has 0 saturated carbocycles. The van der Waals surface area contributed by atoms with Crippen LogP contribution in [0.15, 0.2) is 0 Å². The summed E-state index contributed by atoms with van der Waals surface area (Å²) in [6.45, 7) is 5.59. The van der Waals surface area contributed by atoms with Gasteiger partial charge < -0.3 is 79.1 Å². The second-order valence-electron chi connectivity index (χ2n) is 13.2. The van der Waals surface area contributed by atoms with Gasteiger partial charge in [0.2, 0.25) is 0 Å². The van der Waals surface area contributed by atoms with Crippen LogP contribution in [0.5, 0.6) is 0 Å². The maximum atomic E-state index is 11.4. The summed E-state index contributed by atoms with van der Waals surface area (Å²) < 4.78 is 42.1. The molecule has 3 heterocycles. The number of hydrogen-bond donors (Lipinski definition) is 10. The van der Waals surface area contributed by atoms with Gasteiger partial charge in [-0.15, -0.1) is 0 Å². The molecule has 0 bridgehead atoms. The largest absolute Gasteiger partial charge is 0.394 e. The van der Waals surface area contributed by atoms with Crippen LogP contribution in [0, 0.1) is 0 Å². The van der Waals surface area contributed by atoms with Crippen LogP contribution < -0.4 is 0 Å². The Hall–Kier alpha value is -0.290. The molecule has 3 saturated heterocycles. The highest BCUT2D eigenvalue weighted by Gasteiger charge is 2.57. The molecule has 16 nitrogen and oxygen atoms in total. The third kappa shape index (κ3) is 10.2. The van der Waals surface area contributed by atoms with Gasteiger partial charge in [-0.2, -0.15) is 12.6 Å². The summed E-state index contributed by atoms with van der Waals surface area (Å²) in [5.41, 5.74) is -1.13. The molecule has 0 aromatic heterocycles. The monoisotopic (exact) mass is 732 g/mol. The predicted octanol–water partition coefficient (Wildman–Crippen LogP) is -2.02. The Labute approximate surface area is 293 Å². The van der Waals surface area contributed by atoms with E-state index in [9.17, 15) is 46.0 Å². The van der Waals surface area contributed by atoms with Crippen molar-refractivity contribution in [3.63, 3.8) is 0 Å². The van der Waals surface area contributed by atoms with Crippen molar-refractivity contribution < 1.29 is 79.1 Å². The molecule has 17 heteroatoms. The molecule has 10 unspecified atom stereocenters. The van der Waals surface area contributed by atoms with E-state index in [1.807, 2.05) is 20.8 Å². The topological polar surface area (TPSA) is 247 Å². The summed E-state index contributed by atoms with van der Waals surface area (Å²) in [6, 6.07) is 0. The number of rotatable bonds is 19. The minimum atomic E-state index is -1.82. The molecule has 3 rings (SSSR count). The quantitative estimate of drug-likeness (QED) is 0.0509. The van der Waals surface area contributed by atoms with Gasteiger partial charge in [-0.05, 0) is 44.8 Å². The maximum Gasteiger partial charge on any atom is 0.187 e. The van der Waals surface area contributed by atoms with Crippen LogP contribution in [0.25, 0.3) is 0 Å². The third-order valence-corrected chi connectivity index (χ3v) is 10.2. The van der Waals surface area contributed by atoms with Crippen LogP contribution in [0.3, 0.4) is 0 Å². The molecule has 0 amide bonds. The fourth-order valence-corrected chi connectivity index (χ4v) is 6.69. The Balaban J connectivity index is 1.95. The minimum Gasteiger partial charge on any atom is -0.394 e. The number of thiol groups is 1. The van der Waals surface area contributed by atoms with Gasteiger partial charge in [0.25, 0.3) is 0 Å². The first kappa shape index (κ1) is 43.1. The van der Waals surface area contributed by atoms with Crippen LogP contribution in [-0.2, 0) is 33.2 Å². The van der Waals surface area contributed by atoms with Gasteiger partial charge in [0.05, 0.1) is 31.5 Å². The fraction of sp³-hybridized carbons (Fsp3) is 1.00. The second kappa shape index (κ2) is 20.2. The number of unbranched alkanes of at least 4 members (excludes halogenated alkanes) is 2. The molecule has 0 radical (unpaired) electrons. The Morgan fingerprint density at radius 2 is 1.16 bits per heavy atom. The van der Waals surface area contributed by atoms with E-state index in [4.69, 9.17) is 33.2 Å². The van der Waals surface area contributed by atoms with Gasteiger partial charge in [0.1, 0.15) is 79.4 Å². The molecule has 16 atom stereocenters. The molecular formula is C32H60O16S. The molecular weight excluding hydrogens is 672 g/mol. The van der Waals surface area contributed by atoms with E-state index in [1.165, 1.54) is 0 Å². The lowest BCUT2D eigenvalue weighted by Gasteiger charge is -2.51. The van der Waals surface area contributed by atoms with Crippen molar-refractivity contribution in [3.05, 3.63) is 0 Å². The number of ether oxygens (including phenoxy) is 7. The molecule has 0 spiro atoms. The Kier molecular flexibility index (Phi) is 17.8. The van der Waals surface area contributed by atoms with Crippen LogP contribution in [0.4, 0.5) is 0 Å². The number of aliphatic hydroxyl groups excluding tert-OH is 9. The SMILES string of the molecule is CCC(CC)OC1C(O)[C@H](OC2C(O)[C@H](O)C(CO)O[C@@H]2OC2C(O)[C@H](O)C(CO)O[C@@H]2C(C)(CC)OCCCCCS)OC(CO)[C@H]1O. The van der Waals surface area contributed by atoms with Gasteiger partial charge in [-0.25, -0.2) is 0 Å². The summed E-state index contributed by atoms with van der Waals surface area (Å²) in [5, 5.41) is 96.3. The van der Waals surface area contributed by atoms with Crippen LogP contribution in [0.1, 0.15) is 66.2 Å². The lowest BCUT2D eigenvalue weighted by molar-refractivity contribution is -0.389. The van der Waals surface area contributed by atoms with Gasteiger partial charge in [-0.1, -0.05) is 27.2 Å². The zero-order valence-corrected chi connectivity index (χ0v) is 29.7. The minimum absolute atomic E-state index is 0.325. The van der Waals surface area contributed by atoms with E-state index in [1.54, 1.807) is 6.92 Å². The maximum absolute atomic E-state index is 11.4. The first-order valence-electron chi connectivity index (χ1n) is 17.4. The summed E-state index contributed by atoms with van der Waals surface area (Å²) in [6.07, 6.45) is -19.0. The third-order valence-electron chi connectivity index (χ3n) is 9.89. The Morgan fingerprint density at radius 3 is 1.71 bits per heavy atom. The standard InChI is InChI=1S/C32H60O16S/c1-5-16(6-2)43-26-22(38)19(15-35)45-30(25(26)41)48-28-24(40)21(37)18(14-34)46-31(28)47-27-23(39)20(36)17(13-33)44-29(27)32(4,7-3)42-11-9-8-10-12-49/h16-31,33-41,49H,5-15H2,1-4H3/t17?,18?,19?,20-,21-,22-,23?,24?,25?,26?,27?,28?,29+,30+,31-,32?/m1/s1. The zero-order chi connectivity index (χ0) is 36.5. The fourth-order valence-electron chi connectivity index (χ4n) is 6.47. The molecule has 49 heavy (non-hydrogen) atoms. The van der Waals surface area contributed by atoms with Crippen molar-refractivity contribution in [2.24, 2.45) is 0 Å². The number of hydrogen-bond acceptors (Lipinski definition) is 17. The van der Waals surface area contributed by atoms with Crippen molar-refractivity contribution in [2.75, 3.05) is 32.2 Å². The van der Waals surface area contributed by atoms with Crippen molar-refractivity contribution in [1.82, 2.24) is 0 Å². The van der Waals surface area contributed by atoms with Crippen LogP contribution in [-0.4, -0.2) is 182 Å². The first-order valence-corrected chi connectivity index (χ1v) is 18.1. The summed E-state index contributed by atoms with van der Waals surface area (Å²) in [5.74, 6) is 0.727. The van der Waals surface area contributed by atoms with E-state index in [0.29, 0.717) is 32.3 Å². The predicted molar refractivity (Wildman–Crippen MR) is 175 cm³/mol. The molecule has 9 N–H and O–H groups in total. The lowest BCUT2D eigenvalue weighted by Crippen LogP contribution is -2.69. The normalized spacial score (nSPS) is 41.6. The highest BCUT2D eigenvalue weighted by molar-refractivity contribution is 7.80.